The van der Waals surface area contributed by atoms with Crippen LogP contribution in [-0.2, 0) is 0 Å². The molecule has 0 spiro atoms. The molecule has 0 saturated carbocycles. The Hall–Kier alpha value is -0.120. The van der Waals surface area contributed by atoms with Gasteiger partial charge in [0.2, 0.25) is 0 Å². The summed E-state index contributed by atoms with van der Waals surface area (Å²) in [6, 6.07) is 0. The molecule has 0 unspecified atom stereocenters. The number of aliphatic hydroxyl groups excluding tert-OH is 1. The average Bonchev–Trinajstić information content (AvgIpc) is 2.28. The first-order valence-corrected chi connectivity index (χ1v) is 6.64. The van der Waals surface area contributed by atoms with E-state index in [-0.39, 0.29) is 6.61 Å². The van der Waals surface area contributed by atoms with Crippen LogP contribution in [0.3, 0.4) is 0 Å². The van der Waals surface area contributed by atoms with Crippen molar-refractivity contribution >= 4 is 0 Å². The molecule has 0 aromatic rings. The Bertz CT molecular complexity index is 158. The van der Waals surface area contributed by atoms with E-state index in [2.05, 4.69) is 38.0 Å². The highest BCUT2D eigenvalue weighted by atomic mass is 16.3. The van der Waals surface area contributed by atoms with Crippen LogP contribution in [0, 0.1) is 5.41 Å². The molecule has 3 nitrogen and oxygen atoms in total. The molecule has 0 fully saturated rings. The van der Waals surface area contributed by atoms with Gasteiger partial charge >= 0.3 is 0 Å². The molecule has 0 aromatic heterocycles. The summed E-state index contributed by atoms with van der Waals surface area (Å²) in [6.07, 6.45) is 3.57. The minimum absolute atomic E-state index is 0.252. The summed E-state index contributed by atoms with van der Waals surface area (Å²) in [4.78, 5) is 2.24. The molecule has 0 atom stereocenters. The molecule has 0 aliphatic carbocycles. The van der Waals surface area contributed by atoms with Gasteiger partial charge in [-0.15, -0.1) is 0 Å². The van der Waals surface area contributed by atoms with E-state index in [0.717, 1.165) is 26.2 Å². The van der Waals surface area contributed by atoms with Crippen molar-refractivity contribution in [3.8, 4) is 0 Å². The topological polar surface area (TPSA) is 35.5 Å². The van der Waals surface area contributed by atoms with Crippen LogP contribution in [0.2, 0.25) is 0 Å². The van der Waals surface area contributed by atoms with Gasteiger partial charge in [0.25, 0.3) is 0 Å². The van der Waals surface area contributed by atoms with Crippen LogP contribution in [0.4, 0.5) is 0 Å². The van der Waals surface area contributed by atoms with E-state index >= 15 is 0 Å². The van der Waals surface area contributed by atoms with Gasteiger partial charge in [-0.2, -0.15) is 0 Å². The molecule has 16 heavy (non-hydrogen) atoms. The van der Waals surface area contributed by atoms with Gasteiger partial charge in [0.1, 0.15) is 0 Å². The summed E-state index contributed by atoms with van der Waals surface area (Å²) in [5.41, 5.74) is 0.360. The van der Waals surface area contributed by atoms with E-state index in [0.29, 0.717) is 5.41 Å². The second-order valence-corrected chi connectivity index (χ2v) is 4.85. The number of aliphatic hydroxyl groups is 1. The van der Waals surface area contributed by atoms with Crippen molar-refractivity contribution in [3.05, 3.63) is 0 Å². The second-order valence-electron chi connectivity index (χ2n) is 4.85. The van der Waals surface area contributed by atoms with Crippen molar-refractivity contribution < 1.29 is 5.11 Å². The maximum Gasteiger partial charge on any atom is 0.0558 e. The van der Waals surface area contributed by atoms with E-state index in [1.54, 1.807) is 0 Å². The highest BCUT2D eigenvalue weighted by Gasteiger charge is 2.26. The summed E-state index contributed by atoms with van der Waals surface area (Å²) in [7, 11) is 2.09. The van der Waals surface area contributed by atoms with E-state index in [1.807, 2.05) is 0 Å². The summed E-state index contributed by atoms with van der Waals surface area (Å²) >= 11 is 0. The number of nitrogens with one attached hydrogen (secondary N) is 1. The van der Waals surface area contributed by atoms with Crippen molar-refractivity contribution in [1.29, 1.82) is 0 Å². The SMILES string of the molecule is CCCNCC(CC)(CC)CN(C)CCO. The molecule has 0 aromatic carbocycles. The van der Waals surface area contributed by atoms with Crippen molar-refractivity contribution in [1.82, 2.24) is 10.2 Å². The predicted molar refractivity (Wildman–Crippen MR) is 70.8 cm³/mol. The van der Waals surface area contributed by atoms with Crippen molar-refractivity contribution in [3.63, 3.8) is 0 Å². The number of rotatable bonds is 10. The summed E-state index contributed by atoms with van der Waals surface area (Å²) < 4.78 is 0. The minimum Gasteiger partial charge on any atom is -0.395 e. The summed E-state index contributed by atoms with van der Waals surface area (Å²) in [5.74, 6) is 0. The first-order chi connectivity index (χ1) is 7.64. The lowest BCUT2D eigenvalue weighted by Gasteiger charge is -2.36. The third-order valence-electron chi connectivity index (χ3n) is 3.51. The molecule has 0 radical (unpaired) electrons. The van der Waals surface area contributed by atoms with Gasteiger partial charge in [-0.3, -0.25) is 0 Å². The van der Waals surface area contributed by atoms with Crippen molar-refractivity contribution in [2.75, 3.05) is 39.8 Å². The molecule has 0 aliphatic heterocycles. The first kappa shape index (κ1) is 15.9. The fraction of sp³-hybridized carbons (Fsp3) is 1.00. The first-order valence-electron chi connectivity index (χ1n) is 6.64. The van der Waals surface area contributed by atoms with E-state index < -0.39 is 0 Å². The number of likely N-dealkylation sites (N-methyl/N-ethyl adjacent to an activating group) is 1. The van der Waals surface area contributed by atoms with Gasteiger partial charge in [0, 0.05) is 19.6 Å². The van der Waals surface area contributed by atoms with Crippen molar-refractivity contribution in [2.24, 2.45) is 5.41 Å². The molecule has 0 rings (SSSR count). The molecular weight excluding hydrogens is 200 g/mol. The van der Waals surface area contributed by atoms with Crippen molar-refractivity contribution in [2.45, 2.75) is 40.0 Å². The number of hydrogen-bond donors (Lipinski definition) is 2. The van der Waals surface area contributed by atoms with Gasteiger partial charge in [0.15, 0.2) is 0 Å². The van der Waals surface area contributed by atoms with Gasteiger partial charge in [-0.05, 0) is 38.3 Å². The van der Waals surface area contributed by atoms with Crippen LogP contribution < -0.4 is 5.32 Å². The lowest BCUT2D eigenvalue weighted by Crippen LogP contribution is -2.43. The standard InChI is InChI=1S/C13H30N2O/c1-5-8-14-11-13(6-2,7-3)12-15(4)9-10-16/h14,16H,5-12H2,1-4H3. The summed E-state index contributed by atoms with van der Waals surface area (Å²) in [6.45, 7) is 11.0. The monoisotopic (exact) mass is 230 g/mol. The van der Waals surface area contributed by atoms with Gasteiger partial charge in [-0.25, -0.2) is 0 Å². The lowest BCUT2D eigenvalue weighted by atomic mass is 9.81. The quantitative estimate of drug-likeness (QED) is 0.561. The number of nitrogens with zero attached hydrogens (tertiary/aromatic N) is 1. The average molecular weight is 230 g/mol. The molecule has 98 valence electrons. The zero-order valence-electron chi connectivity index (χ0n) is 11.6. The van der Waals surface area contributed by atoms with Crippen LogP contribution in [-0.4, -0.2) is 49.8 Å². The molecule has 0 bridgehead atoms. The van der Waals surface area contributed by atoms with Crippen LogP contribution in [0.1, 0.15) is 40.0 Å². The van der Waals surface area contributed by atoms with Gasteiger partial charge < -0.3 is 15.3 Å². The third kappa shape index (κ3) is 5.83. The normalized spacial score (nSPS) is 12.4. The molecular formula is C13H30N2O. The Balaban J connectivity index is 4.19. The summed E-state index contributed by atoms with van der Waals surface area (Å²) in [5, 5.41) is 12.5. The van der Waals surface area contributed by atoms with Crippen LogP contribution in [0.25, 0.3) is 0 Å². The zero-order chi connectivity index (χ0) is 12.4. The molecule has 0 heterocycles. The van der Waals surface area contributed by atoms with E-state index in [1.165, 1.54) is 19.3 Å². The Morgan fingerprint density at radius 1 is 1.19 bits per heavy atom. The third-order valence-corrected chi connectivity index (χ3v) is 3.51. The van der Waals surface area contributed by atoms with E-state index in [4.69, 9.17) is 5.11 Å². The Kier molecular flexibility index (Phi) is 8.90. The largest absolute Gasteiger partial charge is 0.395 e. The lowest BCUT2D eigenvalue weighted by molar-refractivity contribution is 0.134. The van der Waals surface area contributed by atoms with Gasteiger partial charge in [0.05, 0.1) is 6.61 Å². The predicted octanol–water partition coefficient (Wildman–Crippen LogP) is 1.72. The van der Waals surface area contributed by atoms with Crippen LogP contribution in [0.5, 0.6) is 0 Å². The Morgan fingerprint density at radius 3 is 2.25 bits per heavy atom. The zero-order valence-corrected chi connectivity index (χ0v) is 11.6. The molecule has 3 heteroatoms. The Labute approximate surface area is 101 Å². The molecule has 0 saturated heterocycles. The smallest absolute Gasteiger partial charge is 0.0558 e. The maximum atomic E-state index is 8.94. The highest BCUT2D eigenvalue weighted by Crippen LogP contribution is 2.26. The molecule has 0 amide bonds. The molecule has 0 aliphatic rings. The van der Waals surface area contributed by atoms with Gasteiger partial charge in [-0.1, -0.05) is 20.8 Å². The highest BCUT2D eigenvalue weighted by molar-refractivity contribution is 4.82. The van der Waals surface area contributed by atoms with Crippen LogP contribution in [0.15, 0.2) is 0 Å². The minimum atomic E-state index is 0.252. The van der Waals surface area contributed by atoms with E-state index in [9.17, 15) is 0 Å². The maximum absolute atomic E-state index is 8.94. The fourth-order valence-corrected chi connectivity index (χ4v) is 2.13. The molecule has 2 N–H and O–H groups in total. The van der Waals surface area contributed by atoms with Crippen LogP contribution >= 0.6 is 0 Å². The Morgan fingerprint density at radius 2 is 1.81 bits per heavy atom. The fourth-order valence-electron chi connectivity index (χ4n) is 2.13. The number of hydrogen-bond acceptors (Lipinski definition) is 3. The second kappa shape index (κ2) is 8.97.